The van der Waals surface area contributed by atoms with Crippen molar-refractivity contribution >= 4 is 17.2 Å². The molecule has 1 aromatic rings. The summed E-state index contributed by atoms with van der Waals surface area (Å²) < 4.78 is 5.47. The molecule has 1 aliphatic carbocycles. The van der Waals surface area contributed by atoms with Gasteiger partial charge in [0.2, 0.25) is 0 Å². The summed E-state index contributed by atoms with van der Waals surface area (Å²) in [5.74, 6) is 0.603. The van der Waals surface area contributed by atoms with E-state index in [0.29, 0.717) is 17.0 Å². The summed E-state index contributed by atoms with van der Waals surface area (Å²) >= 11 is 1.57. The van der Waals surface area contributed by atoms with Crippen LogP contribution in [-0.4, -0.2) is 61.6 Å². The van der Waals surface area contributed by atoms with Crippen LogP contribution in [-0.2, 0) is 11.3 Å². The summed E-state index contributed by atoms with van der Waals surface area (Å²) in [7, 11) is 5.78. The molecule has 3 rings (SSSR count). The number of amides is 1. The van der Waals surface area contributed by atoms with Crippen LogP contribution in [0.3, 0.4) is 0 Å². The molecule has 1 saturated heterocycles. The molecule has 0 radical (unpaired) electrons. The quantitative estimate of drug-likeness (QED) is 0.827. The maximum atomic E-state index is 12.8. The minimum Gasteiger partial charge on any atom is -0.384 e. The second kappa shape index (κ2) is 5.83. The smallest absolute Gasteiger partial charge is 0.273 e. The van der Waals surface area contributed by atoms with Crippen molar-refractivity contribution in [3.05, 3.63) is 16.1 Å². The van der Waals surface area contributed by atoms with E-state index in [2.05, 4.69) is 23.7 Å². The summed E-state index contributed by atoms with van der Waals surface area (Å²) in [5.41, 5.74) is 1.04. The van der Waals surface area contributed by atoms with Crippen LogP contribution in [0.5, 0.6) is 0 Å². The number of ether oxygens (including phenoxy) is 1. The van der Waals surface area contributed by atoms with E-state index in [-0.39, 0.29) is 11.3 Å². The number of aromatic nitrogens is 1. The number of hydrogen-bond acceptors (Lipinski definition) is 5. The molecule has 128 valence electrons. The van der Waals surface area contributed by atoms with Crippen LogP contribution in [0, 0.1) is 16.7 Å². The van der Waals surface area contributed by atoms with Crippen molar-refractivity contribution < 1.29 is 9.53 Å². The standard InChI is InChI=1S/C17H27N3O2S/c1-16(2)9-17(11-22-5)10-20(6-13(16)17)15(21)12-8-23-14(18-12)7-19(3)4/h8,13H,6-7,9-11H2,1-5H3/t13-,17-/m1/s1. The number of methoxy groups -OCH3 is 1. The molecule has 0 unspecified atom stereocenters. The first-order valence-corrected chi connectivity index (χ1v) is 9.03. The van der Waals surface area contributed by atoms with Gasteiger partial charge in [0.05, 0.1) is 6.61 Å². The van der Waals surface area contributed by atoms with Crippen molar-refractivity contribution in [2.24, 2.45) is 16.7 Å². The highest BCUT2D eigenvalue weighted by Gasteiger charge is 2.63. The maximum Gasteiger partial charge on any atom is 0.273 e. The number of fused-ring (bicyclic) bond motifs is 1. The molecule has 1 saturated carbocycles. The Hall–Kier alpha value is -0.980. The lowest BCUT2D eigenvalue weighted by atomic mass is 9.48. The molecule has 0 spiro atoms. The Kier molecular flexibility index (Phi) is 4.27. The van der Waals surface area contributed by atoms with Crippen LogP contribution in [0.25, 0.3) is 0 Å². The Bertz CT molecular complexity index is 598. The number of likely N-dealkylation sites (tertiary alicyclic amines) is 1. The molecule has 1 amide bonds. The highest BCUT2D eigenvalue weighted by molar-refractivity contribution is 7.09. The monoisotopic (exact) mass is 337 g/mol. The molecular formula is C17H27N3O2S. The third-order valence-electron chi connectivity index (χ3n) is 5.34. The maximum absolute atomic E-state index is 12.8. The lowest BCUT2D eigenvalue weighted by Crippen LogP contribution is -2.55. The summed E-state index contributed by atoms with van der Waals surface area (Å²) in [5, 5.41) is 2.89. The summed E-state index contributed by atoms with van der Waals surface area (Å²) in [6, 6.07) is 0. The number of thiazole rings is 1. The summed E-state index contributed by atoms with van der Waals surface area (Å²) in [6.07, 6.45) is 1.13. The van der Waals surface area contributed by atoms with Gasteiger partial charge in [0.15, 0.2) is 0 Å². The molecule has 2 atom stereocenters. The summed E-state index contributed by atoms with van der Waals surface area (Å²) in [4.78, 5) is 21.4. The fraction of sp³-hybridized carbons (Fsp3) is 0.765. The van der Waals surface area contributed by atoms with Crippen LogP contribution in [0.1, 0.15) is 35.8 Å². The molecule has 0 bridgehead atoms. The molecule has 0 aromatic carbocycles. The highest BCUT2D eigenvalue weighted by atomic mass is 32.1. The molecule has 2 aliphatic rings. The number of rotatable bonds is 5. The molecule has 0 N–H and O–H groups in total. The molecule has 1 aromatic heterocycles. The lowest BCUT2D eigenvalue weighted by molar-refractivity contribution is -0.107. The first-order valence-electron chi connectivity index (χ1n) is 8.15. The largest absolute Gasteiger partial charge is 0.384 e. The minimum absolute atomic E-state index is 0.0759. The van der Waals surface area contributed by atoms with Crippen molar-refractivity contribution in [3.63, 3.8) is 0 Å². The Morgan fingerprint density at radius 3 is 2.87 bits per heavy atom. The Morgan fingerprint density at radius 2 is 2.26 bits per heavy atom. The van der Waals surface area contributed by atoms with E-state index in [1.807, 2.05) is 24.4 Å². The Balaban J connectivity index is 1.73. The lowest BCUT2D eigenvalue weighted by Gasteiger charge is -2.56. The predicted molar refractivity (Wildman–Crippen MR) is 91.6 cm³/mol. The van der Waals surface area contributed by atoms with Crippen LogP contribution < -0.4 is 0 Å². The van der Waals surface area contributed by atoms with Crippen molar-refractivity contribution in [1.29, 1.82) is 0 Å². The molecule has 2 fully saturated rings. The SMILES string of the molecule is COC[C@@]12CN(C(=O)c3csc(CN(C)C)n3)C[C@@H]1C(C)(C)C2. The fourth-order valence-corrected chi connectivity index (χ4v) is 5.56. The van der Waals surface area contributed by atoms with Gasteiger partial charge in [-0.25, -0.2) is 4.98 Å². The van der Waals surface area contributed by atoms with Crippen LogP contribution in [0.2, 0.25) is 0 Å². The molecule has 6 heteroatoms. The van der Waals surface area contributed by atoms with E-state index in [4.69, 9.17) is 4.74 Å². The normalized spacial score (nSPS) is 28.8. The number of carbonyl (C=O) groups is 1. The van der Waals surface area contributed by atoms with Gasteiger partial charge in [-0.2, -0.15) is 0 Å². The van der Waals surface area contributed by atoms with E-state index >= 15 is 0 Å². The molecular weight excluding hydrogens is 310 g/mol. The number of carbonyl (C=O) groups excluding carboxylic acids is 1. The molecule has 2 heterocycles. The first kappa shape index (κ1) is 16.9. The number of nitrogens with zero attached hydrogens (tertiary/aromatic N) is 3. The van der Waals surface area contributed by atoms with E-state index in [1.165, 1.54) is 0 Å². The average molecular weight is 337 g/mol. The first-order chi connectivity index (χ1) is 10.8. The molecule has 5 nitrogen and oxygen atoms in total. The van der Waals surface area contributed by atoms with Crippen LogP contribution >= 0.6 is 11.3 Å². The van der Waals surface area contributed by atoms with Crippen LogP contribution in [0.15, 0.2) is 5.38 Å². The second-order valence-corrected chi connectivity index (χ2v) is 9.01. The Morgan fingerprint density at radius 1 is 1.52 bits per heavy atom. The zero-order valence-electron chi connectivity index (χ0n) is 14.8. The van der Waals surface area contributed by atoms with E-state index in [0.717, 1.165) is 37.7 Å². The number of hydrogen-bond donors (Lipinski definition) is 0. The average Bonchev–Trinajstić information content (AvgIpc) is 3.01. The predicted octanol–water partition coefficient (Wildman–Crippen LogP) is 2.34. The molecule has 23 heavy (non-hydrogen) atoms. The van der Waals surface area contributed by atoms with E-state index in [1.54, 1.807) is 18.4 Å². The van der Waals surface area contributed by atoms with Crippen LogP contribution in [0.4, 0.5) is 0 Å². The van der Waals surface area contributed by atoms with Crippen molar-refractivity contribution in [1.82, 2.24) is 14.8 Å². The minimum atomic E-state index is 0.0759. The van der Waals surface area contributed by atoms with E-state index < -0.39 is 0 Å². The third-order valence-corrected chi connectivity index (χ3v) is 6.17. The van der Waals surface area contributed by atoms with Gasteiger partial charge >= 0.3 is 0 Å². The van der Waals surface area contributed by atoms with Crippen molar-refractivity contribution in [2.75, 3.05) is 40.9 Å². The van der Waals surface area contributed by atoms with Gasteiger partial charge in [0.1, 0.15) is 10.7 Å². The Labute approximate surface area is 142 Å². The summed E-state index contributed by atoms with van der Waals surface area (Å²) in [6.45, 7) is 7.76. The van der Waals surface area contributed by atoms with Gasteiger partial charge in [-0.3, -0.25) is 4.79 Å². The van der Waals surface area contributed by atoms with Gasteiger partial charge < -0.3 is 14.5 Å². The molecule has 1 aliphatic heterocycles. The topological polar surface area (TPSA) is 45.7 Å². The van der Waals surface area contributed by atoms with Gasteiger partial charge in [-0.1, -0.05) is 13.8 Å². The van der Waals surface area contributed by atoms with Gasteiger partial charge in [-0.05, 0) is 31.8 Å². The van der Waals surface area contributed by atoms with Gasteiger partial charge in [0, 0.05) is 37.5 Å². The van der Waals surface area contributed by atoms with Crippen molar-refractivity contribution in [3.8, 4) is 0 Å². The third kappa shape index (κ3) is 2.92. The zero-order chi connectivity index (χ0) is 16.8. The highest BCUT2D eigenvalue weighted by Crippen LogP contribution is 2.62. The zero-order valence-corrected chi connectivity index (χ0v) is 15.6. The van der Waals surface area contributed by atoms with E-state index in [9.17, 15) is 4.79 Å². The fourth-order valence-electron chi connectivity index (χ4n) is 4.68. The van der Waals surface area contributed by atoms with Gasteiger partial charge in [-0.15, -0.1) is 11.3 Å². The van der Waals surface area contributed by atoms with Crippen molar-refractivity contribution in [2.45, 2.75) is 26.8 Å². The van der Waals surface area contributed by atoms with Gasteiger partial charge in [0.25, 0.3) is 5.91 Å². The second-order valence-electron chi connectivity index (χ2n) is 8.06.